The summed E-state index contributed by atoms with van der Waals surface area (Å²) >= 11 is 1.51. The average molecular weight is 283 g/mol. The number of benzene rings is 2. The minimum Gasteiger partial charge on any atom is -0.478 e. The molecule has 2 aromatic carbocycles. The van der Waals surface area contributed by atoms with Gasteiger partial charge in [0.2, 0.25) is 0 Å². The predicted octanol–water partition coefficient (Wildman–Crippen LogP) is 3.97. The van der Waals surface area contributed by atoms with Crippen LogP contribution >= 0.6 is 11.8 Å². The van der Waals surface area contributed by atoms with Crippen LogP contribution in [0.25, 0.3) is 0 Å². The average Bonchev–Trinajstić information content (AvgIpc) is 2.47. The van der Waals surface area contributed by atoms with Crippen molar-refractivity contribution in [1.82, 2.24) is 0 Å². The molecule has 0 radical (unpaired) electrons. The standard InChI is InChI=1S/C16H13NO2S/c1-2-11-3-8-15(9-13(11)10-17)20-14-6-4-12(5-7-14)16(18)19/h3-9H,2H2,1H3,(H,18,19). The molecule has 0 heterocycles. The van der Waals surface area contributed by atoms with Crippen LogP contribution in [0.15, 0.2) is 52.3 Å². The van der Waals surface area contributed by atoms with Crippen LogP contribution in [0.3, 0.4) is 0 Å². The van der Waals surface area contributed by atoms with E-state index in [1.54, 1.807) is 24.3 Å². The fourth-order valence-corrected chi connectivity index (χ4v) is 2.69. The maximum Gasteiger partial charge on any atom is 0.335 e. The van der Waals surface area contributed by atoms with Crippen LogP contribution < -0.4 is 0 Å². The van der Waals surface area contributed by atoms with Gasteiger partial charge >= 0.3 is 5.97 Å². The summed E-state index contributed by atoms with van der Waals surface area (Å²) < 4.78 is 0. The molecule has 100 valence electrons. The first-order valence-corrected chi connectivity index (χ1v) is 7.00. The van der Waals surface area contributed by atoms with Crippen LogP contribution in [0.1, 0.15) is 28.4 Å². The number of rotatable bonds is 4. The van der Waals surface area contributed by atoms with Gasteiger partial charge in [-0.3, -0.25) is 0 Å². The Morgan fingerprint density at radius 3 is 2.40 bits per heavy atom. The second kappa shape index (κ2) is 6.27. The Balaban J connectivity index is 2.22. The molecule has 0 saturated heterocycles. The summed E-state index contributed by atoms with van der Waals surface area (Å²) in [5.74, 6) is -0.930. The van der Waals surface area contributed by atoms with Gasteiger partial charge in [0.15, 0.2) is 0 Å². The normalized spacial score (nSPS) is 10.0. The number of nitrogens with zero attached hydrogens (tertiary/aromatic N) is 1. The molecule has 1 N–H and O–H groups in total. The second-order valence-corrected chi connectivity index (χ2v) is 5.36. The topological polar surface area (TPSA) is 61.1 Å². The molecule has 0 amide bonds. The van der Waals surface area contributed by atoms with Crippen LogP contribution in [-0.4, -0.2) is 11.1 Å². The van der Waals surface area contributed by atoms with Crippen molar-refractivity contribution < 1.29 is 9.90 Å². The first-order chi connectivity index (χ1) is 9.63. The van der Waals surface area contributed by atoms with Gasteiger partial charge in [-0.25, -0.2) is 4.79 Å². The van der Waals surface area contributed by atoms with Gasteiger partial charge in [0.05, 0.1) is 17.2 Å². The molecule has 0 spiro atoms. The fourth-order valence-electron chi connectivity index (χ4n) is 1.83. The number of aryl methyl sites for hydroxylation is 1. The van der Waals surface area contributed by atoms with Crippen LogP contribution in [-0.2, 0) is 6.42 Å². The summed E-state index contributed by atoms with van der Waals surface area (Å²) in [5, 5.41) is 18.0. The Bertz CT molecular complexity index is 672. The van der Waals surface area contributed by atoms with E-state index in [2.05, 4.69) is 6.07 Å². The van der Waals surface area contributed by atoms with Crippen molar-refractivity contribution in [3.8, 4) is 6.07 Å². The Kier molecular flexibility index (Phi) is 4.44. The van der Waals surface area contributed by atoms with Crippen molar-refractivity contribution in [3.63, 3.8) is 0 Å². The third-order valence-electron chi connectivity index (χ3n) is 2.92. The van der Waals surface area contributed by atoms with Gasteiger partial charge in [0.25, 0.3) is 0 Å². The SMILES string of the molecule is CCc1ccc(Sc2ccc(C(=O)O)cc2)cc1C#N. The molecule has 4 heteroatoms. The zero-order chi connectivity index (χ0) is 14.5. The summed E-state index contributed by atoms with van der Waals surface area (Å²) in [6.07, 6.45) is 0.834. The lowest BCUT2D eigenvalue weighted by atomic mass is 10.1. The van der Waals surface area contributed by atoms with E-state index in [-0.39, 0.29) is 5.56 Å². The Morgan fingerprint density at radius 2 is 1.85 bits per heavy atom. The van der Waals surface area contributed by atoms with Crippen molar-refractivity contribution in [2.75, 3.05) is 0 Å². The molecule has 2 aromatic rings. The zero-order valence-corrected chi connectivity index (χ0v) is 11.8. The van der Waals surface area contributed by atoms with Crippen molar-refractivity contribution in [1.29, 1.82) is 5.26 Å². The number of carboxylic acid groups (broad SMARTS) is 1. The van der Waals surface area contributed by atoms with E-state index in [1.807, 2.05) is 25.1 Å². The Labute approximate surface area is 121 Å². The summed E-state index contributed by atoms with van der Waals surface area (Å²) in [6.45, 7) is 2.02. The summed E-state index contributed by atoms with van der Waals surface area (Å²) in [7, 11) is 0. The number of aromatic carboxylic acids is 1. The highest BCUT2D eigenvalue weighted by atomic mass is 32.2. The van der Waals surface area contributed by atoms with E-state index >= 15 is 0 Å². The molecule has 0 aliphatic rings. The third-order valence-corrected chi connectivity index (χ3v) is 3.92. The van der Waals surface area contributed by atoms with Crippen molar-refractivity contribution >= 4 is 17.7 Å². The fraction of sp³-hybridized carbons (Fsp3) is 0.125. The molecule has 0 fully saturated rings. The van der Waals surface area contributed by atoms with E-state index in [0.717, 1.165) is 21.8 Å². The van der Waals surface area contributed by atoms with Gasteiger partial charge < -0.3 is 5.11 Å². The molecule has 0 aliphatic heterocycles. The quantitative estimate of drug-likeness (QED) is 0.922. The smallest absolute Gasteiger partial charge is 0.335 e. The minimum atomic E-state index is -0.930. The lowest BCUT2D eigenvalue weighted by Gasteiger charge is -2.05. The van der Waals surface area contributed by atoms with Crippen molar-refractivity contribution in [3.05, 3.63) is 59.2 Å². The van der Waals surface area contributed by atoms with Gasteiger partial charge in [0, 0.05) is 9.79 Å². The molecular formula is C16H13NO2S. The monoisotopic (exact) mass is 283 g/mol. The maximum atomic E-state index is 10.8. The highest BCUT2D eigenvalue weighted by Gasteiger charge is 2.05. The summed E-state index contributed by atoms with van der Waals surface area (Å²) in [4.78, 5) is 12.7. The van der Waals surface area contributed by atoms with E-state index in [4.69, 9.17) is 10.4 Å². The second-order valence-electron chi connectivity index (χ2n) is 4.22. The Hall–Kier alpha value is -2.25. The largest absolute Gasteiger partial charge is 0.478 e. The van der Waals surface area contributed by atoms with Gasteiger partial charge in [-0.15, -0.1) is 0 Å². The Morgan fingerprint density at radius 1 is 1.20 bits per heavy atom. The lowest BCUT2D eigenvalue weighted by Crippen LogP contribution is -1.94. The number of hydrogen-bond donors (Lipinski definition) is 1. The van der Waals surface area contributed by atoms with Crippen LogP contribution in [0, 0.1) is 11.3 Å². The lowest BCUT2D eigenvalue weighted by molar-refractivity contribution is 0.0697. The highest BCUT2D eigenvalue weighted by Crippen LogP contribution is 2.29. The van der Waals surface area contributed by atoms with Gasteiger partial charge in [-0.05, 0) is 48.4 Å². The summed E-state index contributed by atoms with van der Waals surface area (Å²) in [5.41, 5.74) is 2.01. The third kappa shape index (κ3) is 3.19. The molecule has 0 unspecified atom stereocenters. The predicted molar refractivity (Wildman–Crippen MR) is 78.1 cm³/mol. The van der Waals surface area contributed by atoms with Crippen molar-refractivity contribution in [2.45, 2.75) is 23.1 Å². The maximum absolute atomic E-state index is 10.8. The van der Waals surface area contributed by atoms with Crippen LogP contribution in [0.2, 0.25) is 0 Å². The summed E-state index contributed by atoms with van der Waals surface area (Å²) in [6, 6.07) is 14.7. The minimum absolute atomic E-state index is 0.272. The molecule has 2 rings (SSSR count). The van der Waals surface area contributed by atoms with E-state index in [9.17, 15) is 4.79 Å². The number of hydrogen-bond acceptors (Lipinski definition) is 3. The van der Waals surface area contributed by atoms with E-state index in [1.165, 1.54) is 11.8 Å². The van der Waals surface area contributed by atoms with Gasteiger partial charge in [-0.1, -0.05) is 24.8 Å². The molecule has 20 heavy (non-hydrogen) atoms. The molecule has 0 bridgehead atoms. The van der Waals surface area contributed by atoms with Gasteiger partial charge in [0.1, 0.15) is 0 Å². The van der Waals surface area contributed by atoms with Crippen molar-refractivity contribution in [2.24, 2.45) is 0 Å². The number of carboxylic acids is 1. The molecule has 0 aromatic heterocycles. The zero-order valence-electron chi connectivity index (χ0n) is 11.0. The molecule has 0 aliphatic carbocycles. The highest BCUT2D eigenvalue weighted by molar-refractivity contribution is 7.99. The molecule has 3 nitrogen and oxygen atoms in total. The van der Waals surface area contributed by atoms with Crippen LogP contribution in [0.5, 0.6) is 0 Å². The first kappa shape index (κ1) is 14.2. The first-order valence-electron chi connectivity index (χ1n) is 6.18. The molecule has 0 saturated carbocycles. The van der Waals surface area contributed by atoms with E-state index < -0.39 is 5.97 Å². The van der Waals surface area contributed by atoms with E-state index in [0.29, 0.717) is 5.56 Å². The molecule has 0 atom stereocenters. The molecular weight excluding hydrogens is 270 g/mol. The number of carbonyl (C=O) groups is 1. The van der Waals surface area contributed by atoms with Crippen LogP contribution in [0.4, 0.5) is 0 Å². The van der Waals surface area contributed by atoms with Gasteiger partial charge in [-0.2, -0.15) is 5.26 Å². The number of nitriles is 1.